The van der Waals surface area contributed by atoms with E-state index in [1.165, 1.54) is 12.1 Å². The molecule has 0 heterocycles. The van der Waals surface area contributed by atoms with Gasteiger partial charge in [0.1, 0.15) is 18.2 Å². The second-order valence-electron chi connectivity index (χ2n) is 4.33. The molecule has 0 aliphatic carbocycles. The highest BCUT2D eigenvalue weighted by molar-refractivity contribution is 5.87. The largest absolute Gasteiger partial charge is 0.491 e. The highest BCUT2D eigenvalue weighted by Crippen LogP contribution is 2.12. The van der Waals surface area contributed by atoms with Crippen LogP contribution in [0.2, 0.25) is 0 Å². The summed E-state index contributed by atoms with van der Waals surface area (Å²) in [5.74, 6) is -0.840. The van der Waals surface area contributed by atoms with Crippen molar-refractivity contribution in [2.24, 2.45) is 0 Å². The topological polar surface area (TPSA) is 55.8 Å². The van der Waals surface area contributed by atoms with Crippen LogP contribution in [0.25, 0.3) is 0 Å². The van der Waals surface area contributed by atoms with Crippen molar-refractivity contribution in [1.82, 2.24) is 0 Å². The first kappa shape index (κ1) is 15.0. The molecule has 0 saturated carbocycles. The Balaban J connectivity index is 1.78. The Morgan fingerprint density at radius 2 is 1.86 bits per heavy atom. The lowest BCUT2D eigenvalue weighted by molar-refractivity contribution is 0.0695. The van der Waals surface area contributed by atoms with E-state index < -0.39 is 11.8 Å². The molecule has 0 aliphatic rings. The number of benzene rings is 2. The van der Waals surface area contributed by atoms with Crippen molar-refractivity contribution in [3.8, 4) is 5.75 Å². The quantitative estimate of drug-likeness (QED) is 0.796. The summed E-state index contributed by atoms with van der Waals surface area (Å²) in [6.07, 6.45) is 0. The molecular formula is C16H15FO4. The van der Waals surface area contributed by atoms with Gasteiger partial charge in [0.05, 0.1) is 18.8 Å². The molecule has 0 aliphatic heterocycles. The predicted molar refractivity (Wildman–Crippen MR) is 75.0 cm³/mol. The first-order chi connectivity index (χ1) is 10.2. The van der Waals surface area contributed by atoms with Crippen molar-refractivity contribution in [3.63, 3.8) is 0 Å². The van der Waals surface area contributed by atoms with Gasteiger partial charge in [-0.3, -0.25) is 0 Å². The highest BCUT2D eigenvalue weighted by atomic mass is 19.1. The molecule has 1 N–H and O–H groups in total. The highest BCUT2D eigenvalue weighted by Gasteiger charge is 2.08. The van der Waals surface area contributed by atoms with Gasteiger partial charge < -0.3 is 14.6 Å². The minimum absolute atomic E-state index is 0.00506. The zero-order valence-electron chi connectivity index (χ0n) is 11.3. The average molecular weight is 290 g/mol. The van der Waals surface area contributed by atoms with Gasteiger partial charge in [-0.05, 0) is 30.3 Å². The SMILES string of the molecule is O=C(O)c1ccc(F)c(COCCOc2ccccc2)c1. The standard InChI is InChI=1S/C16H15FO4/c17-15-7-6-12(16(18)19)10-13(15)11-20-8-9-21-14-4-2-1-3-5-14/h1-7,10H,8-9,11H2,(H,18,19). The van der Waals surface area contributed by atoms with Crippen LogP contribution in [0.4, 0.5) is 4.39 Å². The number of hydrogen-bond acceptors (Lipinski definition) is 3. The Kier molecular flexibility index (Phi) is 5.29. The van der Waals surface area contributed by atoms with E-state index in [-0.39, 0.29) is 24.3 Å². The van der Waals surface area contributed by atoms with Crippen LogP contribution in [0.1, 0.15) is 15.9 Å². The number of para-hydroxylation sites is 1. The molecule has 2 aromatic rings. The number of aromatic carboxylic acids is 1. The molecule has 110 valence electrons. The monoisotopic (exact) mass is 290 g/mol. The zero-order chi connectivity index (χ0) is 15.1. The second-order valence-corrected chi connectivity index (χ2v) is 4.33. The lowest BCUT2D eigenvalue weighted by Gasteiger charge is -2.08. The minimum atomic E-state index is -1.09. The zero-order valence-corrected chi connectivity index (χ0v) is 11.3. The fourth-order valence-electron chi connectivity index (χ4n) is 1.74. The van der Waals surface area contributed by atoms with Crippen molar-refractivity contribution in [1.29, 1.82) is 0 Å². The van der Waals surface area contributed by atoms with E-state index in [9.17, 15) is 9.18 Å². The van der Waals surface area contributed by atoms with Crippen LogP contribution in [0.3, 0.4) is 0 Å². The first-order valence-electron chi connectivity index (χ1n) is 6.44. The molecule has 0 atom stereocenters. The van der Waals surface area contributed by atoms with Crippen LogP contribution in [-0.2, 0) is 11.3 Å². The summed E-state index contributed by atoms with van der Waals surface area (Å²) >= 11 is 0. The smallest absolute Gasteiger partial charge is 0.335 e. The van der Waals surface area contributed by atoms with Crippen LogP contribution in [0.5, 0.6) is 5.75 Å². The van der Waals surface area contributed by atoms with Crippen LogP contribution in [0.15, 0.2) is 48.5 Å². The molecule has 0 unspecified atom stereocenters. The van der Waals surface area contributed by atoms with Crippen molar-refractivity contribution in [2.75, 3.05) is 13.2 Å². The molecule has 2 rings (SSSR count). The minimum Gasteiger partial charge on any atom is -0.491 e. The number of carbonyl (C=O) groups is 1. The summed E-state index contributed by atoms with van der Waals surface area (Å²) in [7, 11) is 0. The van der Waals surface area contributed by atoms with E-state index in [1.54, 1.807) is 0 Å². The van der Waals surface area contributed by atoms with E-state index in [0.29, 0.717) is 6.61 Å². The summed E-state index contributed by atoms with van der Waals surface area (Å²) in [4.78, 5) is 10.8. The number of carboxylic acids is 1. The van der Waals surface area contributed by atoms with Gasteiger partial charge in [0.25, 0.3) is 0 Å². The van der Waals surface area contributed by atoms with Gasteiger partial charge in [0, 0.05) is 5.56 Å². The Labute approximate surface area is 121 Å². The Morgan fingerprint density at radius 3 is 2.57 bits per heavy atom. The summed E-state index contributed by atoms with van der Waals surface area (Å²) in [6.45, 7) is 0.626. The molecule has 0 radical (unpaired) electrons. The molecule has 4 nitrogen and oxygen atoms in total. The van der Waals surface area contributed by atoms with E-state index in [4.69, 9.17) is 14.6 Å². The summed E-state index contributed by atoms with van der Waals surface area (Å²) < 4.78 is 24.2. The molecule has 0 saturated heterocycles. The Hall–Kier alpha value is -2.40. The predicted octanol–water partition coefficient (Wildman–Crippen LogP) is 3.12. The fraction of sp³-hybridized carbons (Fsp3) is 0.188. The second kappa shape index (κ2) is 7.40. The van der Waals surface area contributed by atoms with E-state index in [1.807, 2.05) is 30.3 Å². The van der Waals surface area contributed by atoms with Crippen LogP contribution in [0, 0.1) is 5.82 Å². The van der Waals surface area contributed by atoms with Gasteiger partial charge in [0.15, 0.2) is 0 Å². The third-order valence-electron chi connectivity index (χ3n) is 2.79. The summed E-state index contributed by atoms with van der Waals surface area (Å²) in [5.41, 5.74) is 0.255. The van der Waals surface area contributed by atoms with Gasteiger partial charge in [-0.15, -0.1) is 0 Å². The maximum Gasteiger partial charge on any atom is 0.335 e. The van der Waals surface area contributed by atoms with Gasteiger partial charge in [-0.2, -0.15) is 0 Å². The Bertz CT molecular complexity index is 598. The molecule has 0 aromatic heterocycles. The van der Waals surface area contributed by atoms with Gasteiger partial charge in [-0.25, -0.2) is 9.18 Å². The van der Waals surface area contributed by atoms with E-state index >= 15 is 0 Å². The van der Waals surface area contributed by atoms with E-state index in [0.717, 1.165) is 11.8 Å². The molecule has 0 bridgehead atoms. The van der Waals surface area contributed by atoms with Gasteiger partial charge in [0.2, 0.25) is 0 Å². The normalized spacial score (nSPS) is 10.3. The van der Waals surface area contributed by atoms with Crippen LogP contribution in [-0.4, -0.2) is 24.3 Å². The Morgan fingerprint density at radius 1 is 1.10 bits per heavy atom. The molecule has 5 heteroatoms. The fourth-order valence-corrected chi connectivity index (χ4v) is 1.74. The average Bonchev–Trinajstić information content (AvgIpc) is 2.49. The first-order valence-corrected chi connectivity index (χ1v) is 6.44. The van der Waals surface area contributed by atoms with Crippen LogP contribution >= 0.6 is 0 Å². The summed E-state index contributed by atoms with van der Waals surface area (Å²) in [6, 6.07) is 12.9. The van der Waals surface area contributed by atoms with Crippen molar-refractivity contribution < 1.29 is 23.8 Å². The summed E-state index contributed by atoms with van der Waals surface area (Å²) in [5, 5.41) is 8.85. The molecule has 2 aromatic carbocycles. The number of ether oxygens (including phenoxy) is 2. The molecule has 21 heavy (non-hydrogen) atoms. The lowest BCUT2D eigenvalue weighted by atomic mass is 10.1. The van der Waals surface area contributed by atoms with E-state index in [2.05, 4.69) is 0 Å². The van der Waals surface area contributed by atoms with Crippen LogP contribution < -0.4 is 4.74 Å². The molecular weight excluding hydrogens is 275 g/mol. The molecule has 0 spiro atoms. The van der Waals surface area contributed by atoms with Gasteiger partial charge in [-0.1, -0.05) is 18.2 Å². The maximum atomic E-state index is 13.5. The third-order valence-corrected chi connectivity index (χ3v) is 2.79. The van der Waals surface area contributed by atoms with Crippen molar-refractivity contribution >= 4 is 5.97 Å². The number of carboxylic acid groups (broad SMARTS) is 1. The number of rotatable bonds is 7. The van der Waals surface area contributed by atoms with Crippen molar-refractivity contribution in [3.05, 3.63) is 65.5 Å². The molecule has 0 amide bonds. The lowest BCUT2D eigenvalue weighted by Crippen LogP contribution is -2.08. The number of halogens is 1. The number of hydrogen-bond donors (Lipinski definition) is 1. The molecule has 0 fully saturated rings. The third kappa shape index (κ3) is 4.57. The maximum absolute atomic E-state index is 13.5. The van der Waals surface area contributed by atoms with Crippen molar-refractivity contribution in [2.45, 2.75) is 6.61 Å². The van der Waals surface area contributed by atoms with Gasteiger partial charge >= 0.3 is 5.97 Å².